The molecular formula is C20H12ClF2N3O2S. The number of nitrogens with one attached hydrogen (secondary N) is 2. The van der Waals surface area contributed by atoms with Crippen molar-refractivity contribution in [3.05, 3.63) is 88.7 Å². The standard InChI is InChI=1S/C20H12ClF2N3O2S/c21-11-7-15-17(10-25-20(15)24-9-11)19(27)16-8-13(3-6-18(16)23)26-29(28)14-4-1-12(22)2-5-14/h1-10,26H,(H,24,25). The quantitative estimate of drug-likeness (QED) is 0.443. The molecule has 2 aromatic heterocycles. The molecule has 0 bridgehead atoms. The zero-order valence-corrected chi connectivity index (χ0v) is 16.2. The molecule has 0 radical (unpaired) electrons. The van der Waals surface area contributed by atoms with Crippen LogP contribution in [0.25, 0.3) is 11.0 Å². The average molecular weight is 432 g/mol. The molecule has 4 aromatic rings. The Balaban J connectivity index is 1.65. The van der Waals surface area contributed by atoms with Crippen LogP contribution in [0.4, 0.5) is 14.5 Å². The van der Waals surface area contributed by atoms with Crippen molar-refractivity contribution in [2.75, 3.05) is 4.72 Å². The molecule has 29 heavy (non-hydrogen) atoms. The second kappa shape index (κ2) is 7.73. The second-order valence-electron chi connectivity index (χ2n) is 6.10. The maximum atomic E-state index is 14.4. The molecule has 0 amide bonds. The van der Waals surface area contributed by atoms with Gasteiger partial charge in [0.2, 0.25) is 0 Å². The first kappa shape index (κ1) is 19.2. The lowest BCUT2D eigenvalue weighted by atomic mass is 10.0. The number of fused-ring (bicyclic) bond motifs is 1. The van der Waals surface area contributed by atoms with Crippen LogP contribution >= 0.6 is 11.6 Å². The van der Waals surface area contributed by atoms with Crippen LogP contribution in [0.2, 0.25) is 5.02 Å². The van der Waals surface area contributed by atoms with E-state index >= 15 is 0 Å². The summed E-state index contributed by atoms with van der Waals surface area (Å²) in [5.74, 6) is -1.75. The van der Waals surface area contributed by atoms with E-state index in [0.717, 1.165) is 6.07 Å². The minimum absolute atomic E-state index is 0.202. The van der Waals surface area contributed by atoms with Gasteiger partial charge in [-0.05, 0) is 48.5 Å². The Morgan fingerprint density at radius 2 is 1.83 bits per heavy atom. The fourth-order valence-electron chi connectivity index (χ4n) is 2.80. The predicted molar refractivity (Wildman–Crippen MR) is 107 cm³/mol. The molecular weight excluding hydrogens is 420 g/mol. The number of benzene rings is 2. The van der Waals surface area contributed by atoms with Gasteiger partial charge in [0.1, 0.15) is 28.3 Å². The molecule has 5 nitrogen and oxygen atoms in total. The van der Waals surface area contributed by atoms with Crippen molar-refractivity contribution in [2.24, 2.45) is 0 Å². The number of hydrogen-bond donors (Lipinski definition) is 2. The summed E-state index contributed by atoms with van der Waals surface area (Å²) in [5.41, 5.74) is 0.732. The monoisotopic (exact) mass is 431 g/mol. The molecule has 0 spiro atoms. The lowest BCUT2D eigenvalue weighted by molar-refractivity contribution is 0.103. The van der Waals surface area contributed by atoms with Crippen LogP contribution in [0.15, 0.2) is 65.8 Å². The van der Waals surface area contributed by atoms with E-state index in [1.165, 1.54) is 48.8 Å². The molecule has 0 aliphatic rings. The number of halogens is 3. The van der Waals surface area contributed by atoms with E-state index in [1.54, 1.807) is 6.07 Å². The van der Waals surface area contributed by atoms with E-state index in [-0.39, 0.29) is 16.8 Å². The summed E-state index contributed by atoms with van der Waals surface area (Å²) in [6.45, 7) is 0. The van der Waals surface area contributed by atoms with Crippen molar-refractivity contribution >= 4 is 45.1 Å². The van der Waals surface area contributed by atoms with Crippen molar-refractivity contribution in [2.45, 2.75) is 4.90 Å². The van der Waals surface area contributed by atoms with Gasteiger partial charge in [0.05, 0.1) is 15.5 Å². The number of rotatable bonds is 5. The lowest BCUT2D eigenvalue weighted by Crippen LogP contribution is -2.08. The summed E-state index contributed by atoms with van der Waals surface area (Å²) >= 11 is 5.95. The molecule has 0 aliphatic carbocycles. The molecule has 1 atom stereocenters. The molecule has 146 valence electrons. The van der Waals surface area contributed by atoms with Crippen molar-refractivity contribution in [1.29, 1.82) is 0 Å². The Bertz CT molecular complexity index is 1260. The van der Waals surface area contributed by atoms with E-state index in [1.807, 2.05) is 0 Å². The van der Waals surface area contributed by atoms with Gasteiger partial charge in [0, 0.05) is 29.0 Å². The van der Waals surface area contributed by atoms with Gasteiger partial charge in [-0.3, -0.25) is 4.79 Å². The van der Waals surface area contributed by atoms with Gasteiger partial charge in [-0.2, -0.15) is 0 Å². The zero-order chi connectivity index (χ0) is 20.5. The number of aromatic nitrogens is 2. The highest BCUT2D eigenvalue weighted by Crippen LogP contribution is 2.25. The van der Waals surface area contributed by atoms with Crippen LogP contribution in [0.3, 0.4) is 0 Å². The third kappa shape index (κ3) is 3.90. The SMILES string of the molecule is O=C(c1cc(NS(=O)c2ccc(F)cc2)ccc1F)c1c[nH]c2ncc(Cl)cc12. The smallest absolute Gasteiger partial charge is 0.198 e. The number of hydrogen-bond acceptors (Lipinski definition) is 3. The first-order valence-electron chi connectivity index (χ1n) is 8.33. The number of H-pyrrole nitrogens is 1. The normalized spacial score (nSPS) is 12.1. The topological polar surface area (TPSA) is 74.8 Å². The van der Waals surface area contributed by atoms with Crippen LogP contribution in [-0.2, 0) is 11.0 Å². The van der Waals surface area contributed by atoms with Gasteiger partial charge < -0.3 is 9.71 Å². The number of carbonyl (C=O) groups excluding carboxylic acids is 1. The Hall–Kier alpha value is -3.10. The number of nitrogens with zero attached hydrogens (tertiary/aromatic N) is 1. The van der Waals surface area contributed by atoms with E-state index < -0.39 is 28.4 Å². The molecule has 0 saturated heterocycles. The summed E-state index contributed by atoms with van der Waals surface area (Å²) in [6.07, 6.45) is 2.87. The number of carbonyl (C=O) groups is 1. The molecule has 2 heterocycles. The third-order valence-corrected chi connectivity index (χ3v) is 5.52. The van der Waals surface area contributed by atoms with E-state index in [2.05, 4.69) is 14.7 Å². The minimum atomic E-state index is -1.72. The molecule has 2 N–H and O–H groups in total. The predicted octanol–water partition coefficient (Wildman–Crippen LogP) is 4.86. The summed E-state index contributed by atoms with van der Waals surface area (Å²) in [7, 11) is -1.72. The van der Waals surface area contributed by atoms with Crippen LogP contribution < -0.4 is 4.72 Å². The summed E-state index contributed by atoms with van der Waals surface area (Å²) in [5, 5.41) is 0.812. The fourth-order valence-corrected chi connectivity index (χ4v) is 3.80. The van der Waals surface area contributed by atoms with Gasteiger partial charge in [0.25, 0.3) is 0 Å². The largest absolute Gasteiger partial charge is 0.345 e. The summed E-state index contributed by atoms with van der Waals surface area (Å²) < 4.78 is 42.5. The number of aromatic amines is 1. The highest BCUT2D eigenvalue weighted by Gasteiger charge is 2.19. The molecule has 0 fully saturated rings. The fraction of sp³-hybridized carbons (Fsp3) is 0. The Kier molecular flexibility index (Phi) is 5.12. The van der Waals surface area contributed by atoms with Gasteiger partial charge >= 0.3 is 0 Å². The van der Waals surface area contributed by atoms with Crippen LogP contribution in [0, 0.1) is 11.6 Å². The first-order valence-corrected chi connectivity index (χ1v) is 9.86. The third-order valence-electron chi connectivity index (χ3n) is 4.19. The van der Waals surface area contributed by atoms with E-state index in [9.17, 15) is 17.8 Å². The summed E-state index contributed by atoms with van der Waals surface area (Å²) in [6, 6.07) is 10.4. The molecule has 4 rings (SSSR count). The molecule has 9 heteroatoms. The Labute approximate surface area is 171 Å². The average Bonchev–Trinajstić information content (AvgIpc) is 3.12. The minimum Gasteiger partial charge on any atom is -0.345 e. The van der Waals surface area contributed by atoms with Gasteiger partial charge in [-0.15, -0.1) is 0 Å². The molecule has 0 saturated carbocycles. The summed E-state index contributed by atoms with van der Waals surface area (Å²) in [4.78, 5) is 20.2. The molecule has 0 aliphatic heterocycles. The number of ketones is 1. The van der Waals surface area contributed by atoms with Gasteiger partial charge in [0.15, 0.2) is 5.78 Å². The highest BCUT2D eigenvalue weighted by atomic mass is 35.5. The van der Waals surface area contributed by atoms with Crippen molar-refractivity contribution in [1.82, 2.24) is 9.97 Å². The van der Waals surface area contributed by atoms with Gasteiger partial charge in [-0.25, -0.2) is 18.0 Å². The molecule has 1 unspecified atom stereocenters. The Morgan fingerprint density at radius 3 is 2.59 bits per heavy atom. The van der Waals surface area contributed by atoms with Crippen molar-refractivity contribution in [3.63, 3.8) is 0 Å². The first-order chi connectivity index (χ1) is 13.9. The maximum absolute atomic E-state index is 14.4. The van der Waals surface area contributed by atoms with Crippen LogP contribution in [-0.4, -0.2) is 20.0 Å². The van der Waals surface area contributed by atoms with E-state index in [0.29, 0.717) is 21.0 Å². The number of anilines is 1. The van der Waals surface area contributed by atoms with Gasteiger partial charge in [-0.1, -0.05) is 11.6 Å². The maximum Gasteiger partial charge on any atom is 0.198 e. The Morgan fingerprint density at radius 1 is 1.07 bits per heavy atom. The lowest BCUT2D eigenvalue weighted by Gasteiger charge is -2.09. The molecule has 2 aromatic carbocycles. The highest BCUT2D eigenvalue weighted by molar-refractivity contribution is 7.86. The van der Waals surface area contributed by atoms with E-state index in [4.69, 9.17) is 11.6 Å². The second-order valence-corrected chi connectivity index (χ2v) is 7.75. The van der Waals surface area contributed by atoms with Crippen LogP contribution in [0.5, 0.6) is 0 Å². The van der Waals surface area contributed by atoms with Crippen LogP contribution in [0.1, 0.15) is 15.9 Å². The zero-order valence-electron chi connectivity index (χ0n) is 14.6. The van der Waals surface area contributed by atoms with Crippen molar-refractivity contribution in [3.8, 4) is 0 Å². The number of pyridine rings is 1. The van der Waals surface area contributed by atoms with Crippen molar-refractivity contribution < 1.29 is 17.8 Å².